The predicted octanol–water partition coefficient (Wildman–Crippen LogP) is 0.524. The Labute approximate surface area is 79.5 Å². The third-order valence-corrected chi connectivity index (χ3v) is 3.21. The molecule has 13 heavy (non-hydrogen) atoms. The van der Waals surface area contributed by atoms with Crippen LogP contribution in [0.15, 0.2) is 0 Å². The average Bonchev–Trinajstić information content (AvgIpc) is 2.83. The lowest BCUT2D eigenvalue weighted by molar-refractivity contribution is 0.0130. The van der Waals surface area contributed by atoms with Crippen LogP contribution in [0.25, 0.3) is 0 Å². The van der Waals surface area contributed by atoms with E-state index in [0.29, 0.717) is 18.1 Å². The molecule has 0 aromatic heterocycles. The molecule has 2 saturated carbocycles. The Bertz CT molecular complexity index is 164. The zero-order valence-corrected chi connectivity index (χ0v) is 8.20. The quantitative estimate of drug-likeness (QED) is 0.656. The van der Waals surface area contributed by atoms with Gasteiger partial charge in [0.1, 0.15) is 0 Å². The van der Waals surface area contributed by atoms with Gasteiger partial charge in [-0.25, -0.2) is 0 Å². The molecule has 0 aromatic rings. The molecule has 0 radical (unpaired) electrons. The molecule has 0 aliphatic heterocycles. The molecule has 0 heterocycles. The standard InChI is InChI=1S/C10H19NO2/c1-13-9-4-8(5-9)11-6-10(12)7-2-3-7/h7-12H,2-6H2,1H3. The fourth-order valence-corrected chi connectivity index (χ4v) is 1.86. The van der Waals surface area contributed by atoms with Gasteiger partial charge < -0.3 is 15.2 Å². The van der Waals surface area contributed by atoms with Crippen molar-refractivity contribution < 1.29 is 9.84 Å². The van der Waals surface area contributed by atoms with Crippen LogP contribution in [0.3, 0.4) is 0 Å². The molecule has 0 bridgehead atoms. The molecule has 0 amide bonds. The lowest BCUT2D eigenvalue weighted by atomic mass is 9.89. The minimum atomic E-state index is -0.110. The summed E-state index contributed by atoms with van der Waals surface area (Å²) in [4.78, 5) is 0. The molecule has 1 unspecified atom stereocenters. The summed E-state index contributed by atoms with van der Waals surface area (Å²) in [7, 11) is 1.76. The molecule has 0 aromatic carbocycles. The van der Waals surface area contributed by atoms with Crippen LogP contribution in [-0.2, 0) is 4.74 Å². The highest BCUT2D eigenvalue weighted by Gasteiger charge is 2.32. The summed E-state index contributed by atoms with van der Waals surface area (Å²) < 4.78 is 5.18. The summed E-state index contributed by atoms with van der Waals surface area (Å²) in [5.41, 5.74) is 0. The van der Waals surface area contributed by atoms with E-state index in [1.54, 1.807) is 7.11 Å². The van der Waals surface area contributed by atoms with Gasteiger partial charge in [0.25, 0.3) is 0 Å². The first kappa shape index (κ1) is 9.44. The number of aliphatic hydroxyl groups is 1. The molecule has 3 nitrogen and oxygen atoms in total. The highest BCUT2D eigenvalue weighted by molar-refractivity contribution is 4.88. The summed E-state index contributed by atoms with van der Waals surface area (Å²) in [6.45, 7) is 0.770. The highest BCUT2D eigenvalue weighted by atomic mass is 16.5. The largest absolute Gasteiger partial charge is 0.392 e. The Balaban J connectivity index is 1.53. The fourth-order valence-electron chi connectivity index (χ4n) is 1.86. The van der Waals surface area contributed by atoms with Crippen molar-refractivity contribution in [2.75, 3.05) is 13.7 Å². The first-order valence-electron chi connectivity index (χ1n) is 5.24. The van der Waals surface area contributed by atoms with Crippen LogP contribution in [0.1, 0.15) is 25.7 Å². The van der Waals surface area contributed by atoms with E-state index in [1.165, 1.54) is 12.8 Å². The number of nitrogens with one attached hydrogen (secondary N) is 1. The Morgan fingerprint density at radius 2 is 2.15 bits per heavy atom. The summed E-state index contributed by atoms with van der Waals surface area (Å²) >= 11 is 0. The van der Waals surface area contributed by atoms with Gasteiger partial charge in [0.05, 0.1) is 12.2 Å². The van der Waals surface area contributed by atoms with E-state index in [0.717, 1.165) is 19.4 Å². The minimum absolute atomic E-state index is 0.110. The van der Waals surface area contributed by atoms with E-state index < -0.39 is 0 Å². The first-order chi connectivity index (χ1) is 6.29. The third-order valence-electron chi connectivity index (χ3n) is 3.21. The number of hydrogen-bond donors (Lipinski definition) is 2. The summed E-state index contributed by atoms with van der Waals surface area (Å²) in [6.07, 6.45) is 4.99. The number of rotatable bonds is 5. The van der Waals surface area contributed by atoms with Crippen molar-refractivity contribution in [3.8, 4) is 0 Å². The van der Waals surface area contributed by atoms with Gasteiger partial charge >= 0.3 is 0 Å². The number of methoxy groups -OCH3 is 1. The van der Waals surface area contributed by atoms with Crippen LogP contribution >= 0.6 is 0 Å². The first-order valence-corrected chi connectivity index (χ1v) is 5.24. The second-order valence-electron chi connectivity index (χ2n) is 4.34. The molecule has 2 rings (SSSR count). The van der Waals surface area contributed by atoms with Gasteiger partial charge in [-0.15, -0.1) is 0 Å². The third kappa shape index (κ3) is 2.42. The zero-order valence-electron chi connectivity index (χ0n) is 8.20. The second-order valence-corrected chi connectivity index (χ2v) is 4.34. The molecule has 2 fully saturated rings. The molecule has 1 atom stereocenters. The van der Waals surface area contributed by atoms with Crippen molar-refractivity contribution in [3.63, 3.8) is 0 Å². The van der Waals surface area contributed by atoms with Crippen molar-refractivity contribution in [2.45, 2.75) is 43.9 Å². The average molecular weight is 185 g/mol. The molecule has 3 heteroatoms. The van der Waals surface area contributed by atoms with E-state index in [2.05, 4.69) is 5.32 Å². The second kappa shape index (κ2) is 3.95. The summed E-state index contributed by atoms with van der Waals surface area (Å²) in [6, 6.07) is 0.582. The smallest absolute Gasteiger partial charge is 0.0692 e. The lowest BCUT2D eigenvalue weighted by Crippen LogP contribution is -2.47. The van der Waals surface area contributed by atoms with Crippen molar-refractivity contribution in [1.29, 1.82) is 0 Å². The Kier molecular flexibility index (Phi) is 2.86. The number of aliphatic hydroxyl groups excluding tert-OH is 1. The molecular formula is C10H19NO2. The monoisotopic (exact) mass is 185 g/mol. The van der Waals surface area contributed by atoms with Crippen LogP contribution in [0, 0.1) is 5.92 Å². The maximum absolute atomic E-state index is 9.59. The maximum Gasteiger partial charge on any atom is 0.0692 e. The Hall–Kier alpha value is -0.120. The zero-order chi connectivity index (χ0) is 9.26. The van der Waals surface area contributed by atoms with Crippen molar-refractivity contribution in [2.24, 2.45) is 5.92 Å². The van der Waals surface area contributed by atoms with Crippen molar-refractivity contribution >= 4 is 0 Å². The van der Waals surface area contributed by atoms with Crippen molar-refractivity contribution in [1.82, 2.24) is 5.32 Å². The topological polar surface area (TPSA) is 41.5 Å². The van der Waals surface area contributed by atoms with Gasteiger partial charge in [-0.05, 0) is 31.6 Å². The molecular weight excluding hydrogens is 166 g/mol. The molecule has 2 aliphatic carbocycles. The van der Waals surface area contributed by atoms with E-state index in [1.807, 2.05) is 0 Å². The number of ether oxygens (including phenoxy) is 1. The van der Waals surface area contributed by atoms with E-state index >= 15 is 0 Å². The van der Waals surface area contributed by atoms with Crippen LogP contribution in [0.2, 0.25) is 0 Å². The normalized spacial score (nSPS) is 35.5. The number of hydrogen-bond acceptors (Lipinski definition) is 3. The highest BCUT2D eigenvalue weighted by Crippen LogP contribution is 2.32. The molecule has 0 spiro atoms. The minimum Gasteiger partial charge on any atom is -0.392 e. The van der Waals surface area contributed by atoms with Crippen LogP contribution in [-0.4, -0.2) is 37.0 Å². The Morgan fingerprint density at radius 1 is 1.46 bits per heavy atom. The molecule has 2 N–H and O–H groups in total. The summed E-state index contributed by atoms with van der Waals surface area (Å²) in [5, 5.41) is 13.0. The van der Waals surface area contributed by atoms with Crippen LogP contribution in [0.4, 0.5) is 0 Å². The SMILES string of the molecule is COC1CC(NCC(O)C2CC2)C1. The van der Waals surface area contributed by atoms with Gasteiger partial charge in [-0.3, -0.25) is 0 Å². The molecule has 76 valence electrons. The van der Waals surface area contributed by atoms with Crippen LogP contribution in [0.5, 0.6) is 0 Å². The van der Waals surface area contributed by atoms with E-state index in [4.69, 9.17) is 4.74 Å². The fraction of sp³-hybridized carbons (Fsp3) is 1.00. The van der Waals surface area contributed by atoms with E-state index in [-0.39, 0.29) is 6.10 Å². The van der Waals surface area contributed by atoms with Gasteiger partial charge in [0.2, 0.25) is 0 Å². The predicted molar refractivity (Wildman–Crippen MR) is 50.6 cm³/mol. The van der Waals surface area contributed by atoms with Gasteiger partial charge in [-0.1, -0.05) is 0 Å². The Morgan fingerprint density at radius 3 is 2.69 bits per heavy atom. The maximum atomic E-state index is 9.59. The molecule has 0 saturated heterocycles. The van der Waals surface area contributed by atoms with Gasteiger partial charge in [0, 0.05) is 19.7 Å². The van der Waals surface area contributed by atoms with Crippen LogP contribution < -0.4 is 5.32 Å². The summed E-state index contributed by atoms with van der Waals surface area (Å²) in [5.74, 6) is 0.589. The lowest BCUT2D eigenvalue weighted by Gasteiger charge is -2.35. The van der Waals surface area contributed by atoms with Gasteiger partial charge in [0.15, 0.2) is 0 Å². The van der Waals surface area contributed by atoms with E-state index in [9.17, 15) is 5.11 Å². The van der Waals surface area contributed by atoms with Crippen molar-refractivity contribution in [3.05, 3.63) is 0 Å². The van der Waals surface area contributed by atoms with Gasteiger partial charge in [-0.2, -0.15) is 0 Å². The molecule has 2 aliphatic rings.